The normalized spacial score (nSPS) is 19.4. The Hall–Kier alpha value is -4.03. The molecule has 2 aliphatic heterocycles. The number of halogens is 2. The predicted molar refractivity (Wildman–Crippen MR) is 169 cm³/mol. The van der Waals surface area contributed by atoms with Gasteiger partial charge in [-0.3, -0.25) is 0 Å². The van der Waals surface area contributed by atoms with E-state index in [0.717, 1.165) is 56.7 Å². The average molecular weight is 642 g/mol. The largest absolute Gasteiger partial charge is 0.490 e. The Morgan fingerprint density at radius 2 is 1.80 bits per heavy atom. The molecule has 2 aliphatic rings. The Labute approximate surface area is 269 Å². The topological polar surface area (TPSA) is 119 Å². The number of nitrogens with one attached hydrogen (secondary N) is 1. The predicted octanol–water partition coefficient (Wildman–Crippen LogP) is 6.22. The third-order valence-electron chi connectivity index (χ3n) is 8.43. The Kier molecular flexibility index (Phi) is 10.6. The summed E-state index contributed by atoms with van der Waals surface area (Å²) in [7, 11) is 0. The van der Waals surface area contributed by atoms with Crippen LogP contribution >= 0.6 is 0 Å². The Morgan fingerprint density at radius 3 is 2.48 bits per heavy atom. The van der Waals surface area contributed by atoms with Gasteiger partial charge in [-0.2, -0.15) is 4.98 Å². The molecule has 3 aromatic rings. The molecule has 1 amide bonds. The highest BCUT2D eigenvalue weighted by Crippen LogP contribution is 2.33. The van der Waals surface area contributed by atoms with Crippen molar-refractivity contribution in [2.45, 2.75) is 90.2 Å². The summed E-state index contributed by atoms with van der Waals surface area (Å²) in [5.41, 5.74) is -0.481. The quantitative estimate of drug-likeness (QED) is 0.256. The fraction of sp³-hybridized carbons (Fsp3) is 0.606. The van der Waals surface area contributed by atoms with Crippen LogP contribution in [-0.4, -0.2) is 70.6 Å². The molecule has 2 fully saturated rings. The van der Waals surface area contributed by atoms with Crippen molar-refractivity contribution in [3.05, 3.63) is 53.6 Å². The number of hydrogen-bond donors (Lipinski definition) is 1. The fourth-order valence-electron chi connectivity index (χ4n) is 6.02. The number of aromatic nitrogens is 4. The first kappa shape index (κ1) is 33.3. The molecule has 4 heterocycles. The van der Waals surface area contributed by atoms with E-state index in [1.54, 1.807) is 33.2 Å². The van der Waals surface area contributed by atoms with E-state index in [1.165, 1.54) is 6.07 Å². The van der Waals surface area contributed by atoms with Gasteiger partial charge in [0.05, 0.1) is 25.0 Å². The lowest BCUT2D eigenvalue weighted by Crippen LogP contribution is -2.53. The third kappa shape index (κ3) is 8.82. The van der Waals surface area contributed by atoms with Gasteiger partial charge in [0.15, 0.2) is 11.6 Å². The molecule has 1 aromatic carbocycles. The SMILES string of the molecule is CC(C)c1noc(N2CCC(CCCOc3cnc(N4CC[C@H](c5cc(F)ccc5F)[C@@H](NC(=O)OC(C)(C)C)C4)nc3)CC2)n1. The van der Waals surface area contributed by atoms with Gasteiger partial charge in [0.25, 0.3) is 0 Å². The molecule has 0 unspecified atom stereocenters. The molecule has 46 heavy (non-hydrogen) atoms. The number of nitrogens with zero attached hydrogens (tertiary/aromatic N) is 6. The smallest absolute Gasteiger partial charge is 0.407 e. The highest BCUT2D eigenvalue weighted by molar-refractivity contribution is 5.68. The number of carbonyl (C=O) groups is 1. The maximum Gasteiger partial charge on any atom is 0.407 e. The van der Waals surface area contributed by atoms with E-state index in [1.807, 2.05) is 4.90 Å². The van der Waals surface area contributed by atoms with Crippen LogP contribution in [0, 0.1) is 17.6 Å². The van der Waals surface area contributed by atoms with Gasteiger partial charge < -0.3 is 29.1 Å². The van der Waals surface area contributed by atoms with Crippen LogP contribution in [0.1, 0.15) is 89.9 Å². The molecule has 0 saturated carbocycles. The monoisotopic (exact) mass is 641 g/mol. The summed E-state index contributed by atoms with van der Waals surface area (Å²) in [6, 6.07) is 3.46. The maximum atomic E-state index is 14.8. The van der Waals surface area contributed by atoms with Crippen LogP contribution < -0.4 is 19.9 Å². The van der Waals surface area contributed by atoms with Crippen LogP contribution in [0.3, 0.4) is 0 Å². The van der Waals surface area contributed by atoms with Crippen molar-refractivity contribution >= 4 is 18.1 Å². The standard InChI is InChI=1S/C33H45F2N7O4/c1-21(2)29-39-31(46-40-29)41-13-10-22(11-14-41)7-6-16-44-24-18-36-30(37-19-24)42-15-12-25(26-17-23(34)8-9-27(26)35)28(20-42)38-32(43)45-33(3,4)5/h8-9,17-19,21-22,25,28H,6-7,10-16,20H2,1-5H3,(H,38,43)/t25-,28+/m1/s1. The van der Waals surface area contributed by atoms with Gasteiger partial charge in [0.1, 0.15) is 17.2 Å². The number of hydrogen-bond acceptors (Lipinski definition) is 10. The minimum Gasteiger partial charge on any atom is -0.490 e. The van der Waals surface area contributed by atoms with Crippen LogP contribution in [0.2, 0.25) is 0 Å². The number of amides is 1. The molecule has 5 rings (SSSR count). The van der Waals surface area contributed by atoms with Gasteiger partial charge in [-0.1, -0.05) is 19.0 Å². The number of benzene rings is 1. The number of piperidine rings is 2. The Bertz CT molecular complexity index is 1440. The van der Waals surface area contributed by atoms with E-state index in [2.05, 4.69) is 44.2 Å². The summed E-state index contributed by atoms with van der Waals surface area (Å²) in [5.74, 6) is 1.17. The van der Waals surface area contributed by atoms with Crippen LogP contribution in [0.25, 0.3) is 0 Å². The molecule has 2 atom stereocenters. The van der Waals surface area contributed by atoms with Crippen LogP contribution in [0.4, 0.5) is 25.5 Å². The zero-order chi connectivity index (χ0) is 32.8. The Balaban J connectivity index is 1.10. The lowest BCUT2D eigenvalue weighted by Gasteiger charge is -2.39. The first-order valence-corrected chi connectivity index (χ1v) is 16.2. The van der Waals surface area contributed by atoms with Crippen LogP contribution in [-0.2, 0) is 4.74 Å². The first-order valence-electron chi connectivity index (χ1n) is 16.2. The lowest BCUT2D eigenvalue weighted by atomic mass is 9.85. The zero-order valence-corrected chi connectivity index (χ0v) is 27.3. The minimum atomic E-state index is -0.706. The third-order valence-corrected chi connectivity index (χ3v) is 8.43. The average Bonchev–Trinajstić information content (AvgIpc) is 3.51. The van der Waals surface area contributed by atoms with Crippen LogP contribution in [0.5, 0.6) is 5.75 Å². The van der Waals surface area contributed by atoms with Gasteiger partial charge in [0.2, 0.25) is 5.95 Å². The molecule has 0 spiro atoms. The summed E-state index contributed by atoms with van der Waals surface area (Å²) in [4.78, 5) is 30.3. The lowest BCUT2D eigenvalue weighted by molar-refractivity contribution is 0.0492. The minimum absolute atomic E-state index is 0.225. The molecule has 250 valence electrons. The molecule has 0 bridgehead atoms. The number of ether oxygens (including phenoxy) is 2. The molecular formula is C33H45F2N7O4. The second kappa shape index (κ2) is 14.6. The second-order valence-electron chi connectivity index (χ2n) is 13.5. The van der Waals surface area contributed by atoms with Gasteiger partial charge in [0, 0.05) is 38.0 Å². The number of rotatable bonds is 10. The highest BCUT2D eigenvalue weighted by atomic mass is 19.1. The van der Waals surface area contributed by atoms with E-state index in [4.69, 9.17) is 14.0 Å². The number of alkyl carbamates (subject to hydrolysis) is 1. The Morgan fingerprint density at radius 1 is 1.09 bits per heavy atom. The zero-order valence-electron chi connectivity index (χ0n) is 27.3. The molecule has 2 aromatic heterocycles. The fourth-order valence-corrected chi connectivity index (χ4v) is 6.02. The van der Waals surface area contributed by atoms with Crippen molar-refractivity contribution < 1.29 is 27.6 Å². The van der Waals surface area contributed by atoms with Crippen molar-refractivity contribution in [3.63, 3.8) is 0 Å². The molecule has 2 saturated heterocycles. The molecule has 13 heteroatoms. The van der Waals surface area contributed by atoms with Gasteiger partial charge in [-0.25, -0.2) is 23.5 Å². The van der Waals surface area contributed by atoms with Gasteiger partial charge in [-0.15, -0.1) is 0 Å². The van der Waals surface area contributed by atoms with Crippen molar-refractivity contribution in [1.82, 2.24) is 25.4 Å². The second-order valence-corrected chi connectivity index (χ2v) is 13.5. The van der Waals surface area contributed by atoms with E-state index in [0.29, 0.717) is 49.7 Å². The molecule has 0 radical (unpaired) electrons. The van der Waals surface area contributed by atoms with Crippen LogP contribution in [0.15, 0.2) is 35.1 Å². The van der Waals surface area contributed by atoms with Crippen molar-refractivity contribution in [2.24, 2.45) is 5.92 Å². The van der Waals surface area contributed by atoms with Gasteiger partial charge in [-0.05, 0) is 82.6 Å². The maximum absolute atomic E-state index is 14.8. The highest BCUT2D eigenvalue weighted by Gasteiger charge is 2.35. The summed E-state index contributed by atoms with van der Waals surface area (Å²) in [5, 5.41) is 6.95. The molecule has 1 N–H and O–H groups in total. The van der Waals surface area contributed by atoms with E-state index >= 15 is 0 Å². The van der Waals surface area contributed by atoms with E-state index in [9.17, 15) is 13.6 Å². The number of anilines is 2. The van der Waals surface area contributed by atoms with Crippen molar-refractivity contribution in [3.8, 4) is 5.75 Å². The summed E-state index contributed by atoms with van der Waals surface area (Å²) < 4.78 is 45.7. The van der Waals surface area contributed by atoms with E-state index in [-0.39, 0.29) is 11.5 Å². The molecular weight excluding hydrogens is 596 g/mol. The van der Waals surface area contributed by atoms with Crippen molar-refractivity contribution in [1.29, 1.82) is 0 Å². The summed E-state index contributed by atoms with van der Waals surface area (Å²) >= 11 is 0. The number of carbonyl (C=O) groups excluding carboxylic acids is 1. The van der Waals surface area contributed by atoms with E-state index < -0.39 is 35.3 Å². The van der Waals surface area contributed by atoms with Crippen molar-refractivity contribution in [2.75, 3.05) is 42.6 Å². The molecule has 0 aliphatic carbocycles. The molecule has 11 nitrogen and oxygen atoms in total. The van der Waals surface area contributed by atoms with Gasteiger partial charge >= 0.3 is 12.1 Å². The summed E-state index contributed by atoms with van der Waals surface area (Å²) in [6.07, 6.45) is 7.26. The summed E-state index contributed by atoms with van der Waals surface area (Å²) in [6.45, 7) is 12.6. The first-order chi connectivity index (χ1) is 21.9.